The number of nitrogens with two attached hydrogens (primary N) is 1. The van der Waals surface area contributed by atoms with Crippen molar-refractivity contribution in [3.8, 4) is 18.1 Å². The van der Waals surface area contributed by atoms with Crippen molar-refractivity contribution in [2.75, 3.05) is 18.5 Å². The lowest BCUT2D eigenvalue weighted by Gasteiger charge is -2.25. The van der Waals surface area contributed by atoms with Gasteiger partial charge in [-0.2, -0.15) is 4.98 Å². The number of anilines is 1. The maximum atomic E-state index is 14.0. The molecule has 1 aromatic carbocycles. The van der Waals surface area contributed by atoms with E-state index in [1.807, 2.05) is 0 Å². The molecule has 13 heteroatoms. The van der Waals surface area contributed by atoms with E-state index in [1.165, 1.54) is 31.3 Å². The summed E-state index contributed by atoms with van der Waals surface area (Å²) in [5, 5.41) is 11.0. The summed E-state index contributed by atoms with van der Waals surface area (Å²) in [6.45, 7) is 1.63. The van der Waals surface area contributed by atoms with Crippen LogP contribution in [0.5, 0.6) is 5.75 Å². The first-order chi connectivity index (χ1) is 18.1. The number of alkyl halides is 1. The van der Waals surface area contributed by atoms with Crippen LogP contribution in [0.25, 0.3) is 0 Å². The van der Waals surface area contributed by atoms with Gasteiger partial charge in [-0.05, 0) is 32.0 Å². The number of nitrogen functional groups attached to an aromatic ring is 1. The van der Waals surface area contributed by atoms with E-state index in [1.54, 1.807) is 32.0 Å². The number of terminal acetylenes is 1. The number of aliphatic hydroxyl groups is 1. The number of rotatable bonds is 10. The molecular weight excluding hydrogens is 525 g/mol. The third-order valence-corrected chi connectivity index (χ3v) is 7.61. The maximum absolute atomic E-state index is 14.0. The van der Waals surface area contributed by atoms with Crippen LogP contribution in [-0.2, 0) is 23.4 Å². The maximum Gasteiger partial charge on any atom is 0.380 e. The second kappa shape index (κ2) is 11.7. The summed E-state index contributed by atoms with van der Waals surface area (Å²) in [7, 11) is -4.51. The van der Waals surface area contributed by atoms with E-state index in [2.05, 4.69) is 10.9 Å². The summed E-state index contributed by atoms with van der Waals surface area (Å²) in [6, 6.07) is 9.03. The summed E-state index contributed by atoms with van der Waals surface area (Å²) in [5.74, 6) is 0.374. The van der Waals surface area contributed by atoms with E-state index >= 15 is 0 Å². The van der Waals surface area contributed by atoms with Crippen molar-refractivity contribution in [1.82, 2.24) is 9.55 Å². The molecule has 2 aromatic rings. The number of carbonyl (C=O) groups is 1. The summed E-state index contributed by atoms with van der Waals surface area (Å²) in [5.41, 5.74) is 4.60. The number of hydrogen-bond donors (Lipinski definition) is 2. The fourth-order valence-corrected chi connectivity index (χ4v) is 5.41. The van der Waals surface area contributed by atoms with Gasteiger partial charge < -0.3 is 24.8 Å². The summed E-state index contributed by atoms with van der Waals surface area (Å²) in [6.07, 6.45) is 0.148. The highest BCUT2D eigenvalue weighted by atomic mass is 35.5. The van der Waals surface area contributed by atoms with Gasteiger partial charge in [0.15, 0.2) is 11.1 Å². The quantitative estimate of drug-likeness (QED) is 0.193. The topological polar surface area (TPSA) is 152 Å². The fourth-order valence-electron chi connectivity index (χ4n) is 3.43. The Bertz CT molecular complexity index is 1340. The first-order valence-corrected chi connectivity index (χ1v) is 13.3. The second-order valence-corrected chi connectivity index (χ2v) is 11.2. The van der Waals surface area contributed by atoms with Gasteiger partial charge >= 0.3 is 19.3 Å². The van der Waals surface area contributed by atoms with Crippen LogP contribution in [-0.4, -0.2) is 56.5 Å². The number of carbonyl (C=O) groups excluding carboxylic acids is 1. The van der Waals surface area contributed by atoms with Crippen LogP contribution in [0.15, 0.2) is 47.4 Å². The molecular formula is C24H29ClN3O8P. The van der Waals surface area contributed by atoms with Crippen LogP contribution in [0, 0.1) is 18.3 Å². The Morgan fingerprint density at radius 3 is 2.68 bits per heavy atom. The molecule has 1 aromatic heterocycles. The highest BCUT2D eigenvalue weighted by Crippen LogP contribution is 2.51. The molecule has 0 bridgehead atoms. The molecule has 1 unspecified atom stereocenters. The summed E-state index contributed by atoms with van der Waals surface area (Å²) < 4.78 is 53.7. The molecule has 1 aliphatic heterocycles. The number of para-hydroxylation sites is 1. The predicted octanol–water partition coefficient (Wildman–Crippen LogP) is 2.57. The molecule has 0 saturated carbocycles. The van der Waals surface area contributed by atoms with E-state index in [0.717, 1.165) is 4.57 Å². The molecule has 0 aliphatic carbocycles. The van der Waals surface area contributed by atoms with Crippen LogP contribution in [0.3, 0.4) is 0 Å². The van der Waals surface area contributed by atoms with Gasteiger partial charge in [0.25, 0.3) is 0 Å². The molecule has 0 spiro atoms. The van der Waals surface area contributed by atoms with Gasteiger partial charge in [0.2, 0.25) is 0 Å². The number of benzene rings is 1. The van der Waals surface area contributed by atoms with Crippen LogP contribution in [0.1, 0.15) is 29.7 Å². The lowest BCUT2D eigenvalue weighted by atomic mass is 9.99. The highest BCUT2D eigenvalue weighted by molar-refractivity contribution is 7.54. The van der Waals surface area contributed by atoms with Gasteiger partial charge in [-0.15, -0.1) is 6.42 Å². The Morgan fingerprint density at radius 1 is 1.41 bits per heavy atom. The molecule has 37 heavy (non-hydrogen) atoms. The number of aliphatic hydroxyl groups excluding tert-OH is 1. The molecule has 3 N–H and O–H groups in total. The van der Waals surface area contributed by atoms with E-state index in [-0.39, 0.29) is 11.6 Å². The second-order valence-electron chi connectivity index (χ2n) is 8.60. The van der Waals surface area contributed by atoms with Crippen molar-refractivity contribution in [2.45, 2.75) is 50.2 Å². The van der Waals surface area contributed by atoms with Gasteiger partial charge in [-0.1, -0.05) is 42.6 Å². The number of aromatic nitrogens is 2. The van der Waals surface area contributed by atoms with Gasteiger partial charge in [-0.25, -0.2) is 9.36 Å². The molecule has 2 heterocycles. The number of hydrogen-bond acceptors (Lipinski definition) is 10. The SMILES string of the molecule is [2H]C([2H])(O[P@@](=O)(C[C@@H](C)C(=O)OC(C)C)Oc1ccccc1)[C@H]1O[C@@H](n2ccc(N)nc2=O)C(Cl)(C#C)[C@H]1O. The largest absolute Gasteiger partial charge is 0.463 e. The van der Waals surface area contributed by atoms with Gasteiger partial charge in [0.1, 0.15) is 23.8 Å². The van der Waals surface area contributed by atoms with Crippen LogP contribution in [0.4, 0.5) is 5.82 Å². The summed E-state index contributed by atoms with van der Waals surface area (Å²) in [4.78, 5) is 26.3. The third-order valence-electron chi connectivity index (χ3n) is 5.22. The first kappa shape index (κ1) is 25.8. The monoisotopic (exact) mass is 555 g/mol. The standard InChI is InChI=1S/C24H29ClN3O8P/c1-5-24(25)20(29)18(35-22(24)28-12-11-19(26)27-23(28)31)13-33-37(32,36-17-9-7-6-8-10-17)14-16(4)21(30)34-15(2)3/h1,6-12,15-16,18,20,22,29H,13-14H2,2-4H3,(H2,26,27,31)/t16-,18-,20+,22-,24?,37+/m1/s1/i13D2. The zero-order valence-electron chi connectivity index (χ0n) is 22.3. The Morgan fingerprint density at radius 2 is 2.08 bits per heavy atom. The Kier molecular flexibility index (Phi) is 8.13. The lowest BCUT2D eigenvalue weighted by molar-refractivity contribution is -0.151. The number of nitrogens with zero attached hydrogens (tertiary/aromatic N) is 2. The van der Waals surface area contributed by atoms with E-state index < -0.39 is 67.3 Å². The molecule has 200 valence electrons. The molecule has 0 amide bonds. The normalized spacial score (nSPS) is 26.9. The Labute approximate surface area is 222 Å². The molecule has 1 fully saturated rings. The Hall–Kier alpha value is -2.87. The molecule has 0 radical (unpaired) electrons. The highest BCUT2D eigenvalue weighted by Gasteiger charge is 2.56. The number of ether oxygens (including phenoxy) is 2. The van der Waals surface area contributed by atoms with Crippen molar-refractivity contribution in [2.24, 2.45) is 5.92 Å². The molecule has 3 rings (SSSR count). The van der Waals surface area contributed by atoms with Crippen molar-refractivity contribution in [3.05, 3.63) is 53.1 Å². The predicted molar refractivity (Wildman–Crippen MR) is 136 cm³/mol. The van der Waals surface area contributed by atoms with Gasteiger partial charge in [0, 0.05) is 6.20 Å². The molecule has 6 atom stereocenters. The van der Waals surface area contributed by atoms with Crippen molar-refractivity contribution in [3.63, 3.8) is 0 Å². The molecule has 1 aliphatic rings. The van der Waals surface area contributed by atoms with Crippen LogP contribution >= 0.6 is 19.2 Å². The van der Waals surface area contributed by atoms with Crippen molar-refractivity contribution in [1.29, 1.82) is 0 Å². The third kappa shape index (κ3) is 6.72. The van der Waals surface area contributed by atoms with Crippen LogP contribution in [0.2, 0.25) is 0 Å². The van der Waals surface area contributed by atoms with E-state index in [0.29, 0.717) is 0 Å². The minimum atomic E-state index is -4.51. The minimum absolute atomic E-state index is 0.0710. The zero-order valence-corrected chi connectivity index (χ0v) is 22.0. The van der Waals surface area contributed by atoms with E-state index in [9.17, 15) is 19.3 Å². The molecule has 1 saturated heterocycles. The Balaban J connectivity index is 1.96. The van der Waals surface area contributed by atoms with E-state index in [4.69, 9.17) is 45.0 Å². The molecule has 11 nitrogen and oxygen atoms in total. The van der Waals surface area contributed by atoms with Gasteiger partial charge in [-0.3, -0.25) is 13.9 Å². The summed E-state index contributed by atoms with van der Waals surface area (Å²) >= 11 is 6.48. The average molecular weight is 556 g/mol. The zero-order chi connectivity index (χ0) is 29.2. The first-order valence-electron chi connectivity index (χ1n) is 12.2. The van der Waals surface area contributed by atoms with Crippen LogP contribution < -0.4 is 15.9 Å². The van der Waals surface area contributed by atoms with Crippen molar-refractivity contribution < 1.29 is 35.7 Å². The van der Waals surface area contributed by atoms with Gasteiger partial charge in [0.05, 0.1) is 27.5 Å². The number of esters is 1. The minimum Gasteiger partial charge on any atom is -0.463 e. The fraction of sp³-hybridized carbons (Fsp3) is 0.458. The smallest absolute Gasteiger partial charge is 0.380 e. The lowest BCUT2D eigenvalue weighted by Crippen LogP contribution is -2.43. The average Bonchev–Trinajstić information content (AvgIpc) is 3.10. The van der Waals surface area contributed by atoms with Crippen molar-refractivity contribution >= 4 is 31.0 Å². The number of halogens is 1.